The first kappa shape index (κ1) is 12.0. The molecule has 3 unspecified atom stereocenters. The molecular weight excluding hydrogens is 248 g/mol. The normalized spacial score (nSPS) is 30.6. The van der Waals surface area contributed by atoms with Crippen LogP contribution in [-0.4, -0.2) is 24.6 Å². The van der Waals surface area contributed by atoms with Crippen LogP contribution in [0.4, 0.5) is 0 Å². The van der Waals surface area contributed by atoms with E-state index < -0.39 is 0 Å². The average Bonchev–Trinajstić information content (AvgIpc) is 2.81. The fourth-order valence-corrected chi connectivity index (χ4v) is 2.99. The van der Waals surface area contributed by atoms with Crippen LogP contribution < -0.4 is 5.73 Å². The fraction of sp³-hybridized carbons (Fsp3) is 0.500. The molecular formula is C14H17ClN2O. The first-order valence-electron chi connectivity index (χ1n) is 6.47. The van der Waals surface area contributed by atoms with Gasteiger partial charge in [0.15, 0.2) is 0 Å². The van der Waals surface area contributed by atoms with Crippen molar-refractivity contribution in [1.82, 2.24) is 0 Å². The van der Waals surface area contributed by atoms with E-state index in [2.05, 4.69) is 4.99 Å². The number of nitrogens with zero attached hydrogens (tertiary/aromatic N) is 1. The van der Waals surface area contributed by atoms with Crippen LogP contribution in [0.2, 0.25) is 5.02 Å². The van der Waals surface area contributed by atoms with E-state index in [1.165, 1.54) is 0 Å². The van der Waals surface area contributed by atoms with E-state index >= 15 is 0 Å². The van der Waals surface area contributed by atoms with Crippen molar-refractivity contribution >= 4 is 17.5 Å². The number of ether oxygens (including phenoxy) is 1. The molecule has 1 aliphatic carbocycles. The van der Waals surface area contributed by atoms with Crippen molar-refractivity contribution in [2.45, 2.75) is 31.4 Å². The molecule has 0 saturated heterocycles. The Hall–Kier alpha value is -1.06. The van der Waals surface area contributed by atoms with Gasteiger partial charge >= 0.3 is 0 Å². The summed E-state index contributed by atoms with van der Waals surface area (Å²) in [6, 6.07) is 7.99. The maximum atomic E-state index is 6.18. The highest BCUT2D eigenvalue weighted by atomic mass is 35.5. The zero-order chi connectivity index (χ0) is 12.5. The molecule has 3 nitrogen and oxygen atoms in total. The fourth-order valence-electron chi connectivity index (χ4n) is 2.78. The molecule has 18 heavy (non-hydrogen) atoms. The van der Waals surface area contributed by atoms with Crippen molar-refractivity contribution in [2.24, 2.45) is 16.6 Å². The van der Waals surface area contributed by atoms with Gasteiger partial charge in [0.1, 0.15) is 6.10 Å². The number of aliphatic imine (C=N–C) groups is 1. The number of fused-ring (bicyclic) bond motifs is 1. The third-order valence-electron chi connectivity index (χ3n) is 3.85. The highest BCUT2D eigenvalue weighted by Crippen LogP contribution is 2.34. The first-order chi connectivity index (χ1) is 8.78. The Morgan fingerprint density at radius 3 is 2.94 bits per heavy atom. The molecule has 0 aromatic heterocycles. The van der Waals surface area contributed by atoms with Crippen molar-refractivity contribution in [2.75, 3.05) is 6.54 Å². The zero-order valence-electron chi connectivity index (χ0n) is 10.2. The Bertz CT molecular complexity index is 475. The molecule has 2 N–H and O–H groups in total. The number of hydrogen-bond acceptors (Lipinski definition) is 3. The lowest BCUT2D eigenvalue weighted by Crippen LogP contribution is -2.34. The summed E-state index contributed by atoms with van der Waals surface area (Å²) in [6.07, 6.45) is 3.43. The van der Waals surface area contributed by atoms with Crippen LogP contribution in [0, 0.1) is 5.92 Å². The van der Waals surface area contributed by atoms with Crippen molar-refractivity contribution in [1.29, 1.82) is 0 Å². The summed E-state index contributed by atoms with van der Waals surface area (Å²) in [4.78, 5) is 4.68. The largest absolute Gasteiger partial charge is 0.472 e. The van der Waals surface area contributed by atoms with Crippen LogP contribution in [0.5, 0.6) is 0 Å². The molecule has 0 radical (unpaired) electrons. The molecule has 1 aromatic carbocycles. The first-order valence-corrected chi connectivity index (χ1v) is 6.85. The predicted octanol–water partition coefficient (Wildman–Crippen LogP) is 2.61. The standard InChI is InChI=1S/C14H17ClN2O/c15-11-4-2-1-3-10(11)14-17-12-6-5-9(8-16)7-13(12)18-14/h1-4,9,12-13H,5-8,16H2. The van der Waals surface area contributed by atoms with Gasteiger partial charge in [-0.3, -0.25) is 0 Å². The topological polar surface area (TPSA) is 47.6 Å². The number of benzene rings is 1. The van der Waals surface area contributed by atoms with Gasteiger partial charge in [0.05, 0.1) is 16.6 Å². The average molecular weight is 265 g/mol. The van der Waals surface area contributed by atoms with Crippen LogP contribution in [0.3, 0.4) is 0 Å². The summed E-state index contributed by atoms with van der Waals surface area (Å²) < 4.78 is 5.97. The summed E-state index contributed by atoms with van der Waals surface area (Å²) >= 11 is 6.18. The Balaban J connectivity index is 1.80. The molecule has 3 atom stereocenters. The Labute approximate surface area is 112 Å². The van der Waals surface area contributed by atoms with E-state index in [4.69, 9.17) is 22.1 Å². The van der Waals surface area contributed by atoms with Crippen LogP contribution in [0.15, 0.2) is 29.3 Å². The molecule has 0 bridgehead atoms. The van der Waals surface area contributed by atoms with Gasteiger partial charge in [0, 0.05) is 0 Å². The van der Waals surface area contributed by atoms with Gasteiger partial charge in [-0.2, -0.15) is 0 Å². The second-order valence-corrected chi connectivity index (χ2v) is 5.46. The van der Waals surface area contributed by atoms with E-state index in [-0.39, 0.29) is 6.10 Å². The number of hydrogen-bond donors (Lipinski definition) is 1. The molecule has 96 valence electrons. The molecule has 0 amide bonds. The van der Waals surface area contributed by atoms with E-state index in [1.807, 2.05) is 24.3 Å². The monoisotopic (exact) mass is 264 g/mol. The van der Waals surface area contributed by atoms with Gasteiger partial charge < -0.3 is 10.5 Å². The predicted molar refractivity (Wildman–Crippen MR) is 73.0 cm³/mol. The van der Waals surface area contributed by atoms with E-state index in [9.17, 15) is 0 Å². The highest BCUT2D eigenvalue weighted by Gasteiger charge is 2.37. The van der Waals surface area contributed by atoms with Crippen molar-refractivity contribution in [3.05, 3.63) is 34.9 Å². The van der Waals surface area contributed by atoms with Gasteiger partial charge in [-0.05, 0) is 43.9 Å². The minimum Gasteiger partial charge on any atom is -0.472 e. The van der Waals surface area contributed by atoms with E-state index in [1.54, 1.807) is 0 Å². The lowest BCUT2D eigenvalue weighted by molar-refractivity contribution is 0.123. The molecule has 1 aliphatic heterocycles. The van der Waals surface area contributed by atoms with Crippen LogP contribution in [0.1, 0.15) is 24.8 Å². The maximum Gasteiger partial charge on any atom is 0.218 e. The Kier molecular flexibility index (Phi) is 3.27. The minimum atomic E-state index is 0.193. The SMILES string of the molecule is NCC1CCC2N=C(c3ccccc3Cl)OC2C1. The van der Waals surface area contributed by atoms with Crippen molar-refractivity contribution < 1.29 is 4.74 Å². The molecule has 0 spiro atoms. The van der Waals surface area contributed by atoms with Crippen molar-refractivity contribution in [3.63, 3.8) is 0 Å². The quantitative estimate of drug-likeness (QED) is 0.893. The molecule has 1 saturated carbocycles. The molecule has 1 aromatic rings. The summed E-state index contributed by atoms with van der Waals surface area (Å²) in [5.41, 5.74) is 6.64. The van der Waals surface area contributed by atoms with Gasteiger partial charge in [-0.15, -0.1) is 0 Å². The minimum absolute atomic E-state index is 0.193. The van der Waals surface area contributed by atoms with Gasteiger partial charge in [0.2, 0.25) is 5.90 Å². The lowest BCUT2D eigenvalue weighted by Gasteiger charge is -2.28. The second-order valence-electron chi connectivity index (χ2n) is 5.05. The van der Waals surface area contributed by atoms with Gasteiger partial charge in [-0.25, -0.2) is 4.99 Å². The molecule has 1 fully saturated rings. The molecule has 2 aliphatic rings. The second kappa shape index (κ2) is 4.90. The van der Waals surface area contributed by atoms with Crippen LogP contribution in [0.25, 0.3) is 0 Å². The van der Waals surface area contributed by atoms with Crippen LogP contribution >= 0.6 is 11.6 Å². The summed E-state index contributed by atoms with van der Waals surface area (Å²) in [5.74, 6) is 1.28. The van der Waals surface area contributed by atoms with E-state index in [0.717, 1.165) is 31.4 Å². The van der Waals surface area contributed by atoms with Crippen molar-refractivity contribution in [3.8, 4) is 0 Å². The smallest absolute Gasteiger partial charge is 0.218 e. The summed E-state index contributed by atoms with van der Waals surface area (Å²) in [7, 11) is 0. The van der Waals surface area contributed by atoms with Crippen LogP contribution in [-0.2, 0) is 4.74 Å². The number of rotatable bonds is 2. The third-order valence-corrected chi connectivity index (χ3v) is 4.18. The van der Waals surface area contributed by atoms with E-state index in [0.29, 0.717) is 22.9 Å². The summed E-state index contributed by atoms with van der Waals surface area (Å²) in [6.45, 7) is 0.744. The Morgan fingerprint density at radius 2 is 2.17 bits per heavy atom. The Morgan fingerprint density at radius 1 is 1.33 bits per heavy atom. The van der Waals surface area contributed by atoms with Gasteiger partial charge in [0.25, 0.3) is 0 Å². The zero-order valence-corrected chi connectivity index (χ0v) is 10.9. The third kappa shape index (κ3) is 2.13. The molecule has 4 heteroatoms. The maximum absolute atomic E-state index is 6.18. The highest BCUT2D eigenvalue weighted by molar-refractivity contribution is 6.33. The summed E-state index contributed by atoms with van der Waals surface area (Å²) in [5, 5.41) is 0.699. The molecule has 3 rings (SSSR count). The molecule has 1 heterocycles. The number of nitrogens with two attached hydrogens (primary N) is 1. The number of halogens is 1. The lowest BCUT2D eigenvalue weighted by atomic mass is 9.84. The van der Waals surface area contributed by atoms with Gasteiger partial charge in [-0.1, -0.05) is 23.7 Å².